The molecule has 0 radical (unpaired) electrons. The summed E-state index contributed by atoms with van der Waals surface area (Å²) in [4.78, 5) is 7.95. The monoisotopic (exact) mass is 514 g/mol. The zero-order valence-electron chi connectivity index (χ0n) is 14.8. The normalized spacial score (nSPS) is 11.6. The van der Waals surface area contributed by atoms with Crippen LogP contribution in [0.25, 0.3) is 0 Å². The molecule has 27 heavy (non-hydrogen) atoms. The number of ether oxygens (including phenoxy) is 1. The maximum atomic E-state index is 12.5. The fraction of sp³-hybridized carbons (Fsp3) is 0.412. The van der Waals surface area contributed by atoms with Crippen LogP contribution in [0, 0.1) is 0 Å². The summed E-state index contributed by atoms with van der Waals surface area (Å²) in [6.07, 6.45) is -4.04. The maximum Gasteiger partial charge on any atom is 0.434 e. The number of rotatable bonds is 8. The second-order valence-electron chi connectivity index (χ2n) is 5.22. The van der Waals surface area contributed by atoms with E-state index < -0.39 is 11.9 Å². The van der Waals surface area contributed by atoms with E-state index in [0.29, 0.717) is 43.6 Å². The lowest BCUT2D eigenvalue weighted by atomic mass is 10.3. The Morgan fingerprint density at radius 1 is 1.22 bits per heavy atom. The average Bonchev–Trinajstić information content (AvgIpc) is 3.09. The molecule has 0 atom stereocenters. The lowest BCUT2D eigenvalue weighted by molar-refractivity contribution is -0.140. The molecule has 0 saturated carbocycles. The highest BCUT2D eigenvalue weighted by molar-refractivity contribution is 14.0. The standard InChI is InChI=1S/C17H21F3N4OS.HI/c1-2-21-16(23-10-11-25-13-6-4-3-5-7-13)22-9-8-15-24-14(12-26-15)17(18,19)20;/h3-7,12H,2,8-11H2,1H3,(H2,21,22,23);1H. The summed E-state index contributed by atoms with van der Waals surface area (Å²) in [5, 5.41) is 7.66. The van der Waals surface area contributed by atoms with Crippen molar-refractivity contribution < 1.29 is 17.9 Å². The van der Waals surface area contributed by atoms with E-state index in [1.807, 2.05) is 37.3 Å². The molecule has 2 N–H and O–H groups in total. The molecule has 2 rings (SSSR count). The molecule has 0 aliphatic heterocycles. The molecular formula is C17H22F3IN4OS. The third kappa shape index (κ3) is 8.78. The predicted octanol–water partition coefficient (Wildman–Crippen LogP) is 3.96. The molecule has 0 amide bonds. The van der Waals surface area contributed by atoms with E-state index in [1.165, 1.54) is 0 Å². The molecule has 150 valence electrons. The van der Waals surface area contributed by atoms with Gasteiger partial charge in [0.1, 0.15) is 12.4 Å². The number of alkyl halides is 3. The number of hydrogen-bond acceptors (Lipinski definition) is 4. The zero-order chi connectivity index (χ0) is 18.8. The van der Waals surface area contributed by atoms with Crippen LogP contribution in [0.1, 0.15) is 17.6 Å². The number of guanidine groups is 1. The van der Waals surface area contributed by atoms with Gasteiger partial charge in [0.25, 0.3) is 0 Å². The molecule has 0 unspecified atom stereocenters. The van der Waals surface area contributed by atoms with Gasteiger partial charge in [-0.3, -0.25) is 4.99 Å². The van der Waals surface area contributed by atoms with Gasteiger partial charge in [0.15, 0.2) is 11.7 Å². The molecule has 1 aromatic heterocycles. The van der Waals surface area contributed by atoms with E-state index in [4.69, 9.17) is 4.74 Å². The molecule has 1 aromatic carbocycles. The molecule has 0 aliphatic carbocycles. The molecule has 2 aromatic rings. The number of thiazole rings is 1. The van der Waals surface area contributed by atoms with Crippen LogP contribution in [0.3, 0.4) is 0 Å². The van der Waals surface area contributed by atoms with E-state index in [2.05, 4.69) is 20.6 Å². The molecule has 0 spiro atoms. The highest BCUT2D eigenvalue weighted by atomic mass is 127. The number of para-hydroxylation sites is 1. The van der Waals surface area contributed by atoms with Crippen LogP contribution in [0.2, 0.25) is 0 Å². The topological polar surface area (TPSA) is 58.5 Å². The van der Waals surface area contributed by atoms with Gasteiger partial charge in [-0.15, -0.1) is 35.3 Å². The lowest BCUT2D eigenvalue weighted by Gasteiger charge is -2.12. The Hall–Kier alpha value is -1.56. The van der Waals surface area contributed by atoms with E-state index in [1.54, 1.807) is 0 Å². The first-order chi connectivity index (χ1) is 12.5. The molecule has 0 aliphatic rings. The number of aromatic nitrogens is 1. The summed E-state index contributed by atoms with van der Waals surface area (Å²) in [6, 6.07) is 9.47. The Morgan fingerprint density at radius 3 is 2.59 bits per heavy atom. The molecule has 0 saturated heterocycles. The first kappa shape index (κ1) is 23.5. The number of nitrogens with one attached hydrogen (secondary N) is 2. The average molecular weight is 514 g/mol. The van der Waals surface area contributed by atoms with Crippen molar-refractivity contribution >= 4 is 41.3 Å². The molecule has 10 heteroatoms. The van der Waals surface area contributed by atoms with Crippen LogP contribution < -0.4 is 15.4 Å². The van der Waals surface area contributed by atoms with Crippen molar-refractivity contribution in [3.05, 3.63) is 46.4 Å². The van der Waals surface area contributed by atoms with Crippen molar-refractivity contribution in [3.8, 4) is 5.75 Å². The number of halogens is 4. The quantitative estimate of drug-likeness (QED) is 0.243. The molecule has 0 fully saturated rings. The van der Waals surface area contributed by atoms with Gasteiger partial charge in [0.05, 0.1) is 11.6 Å². The minimum Gasteiger partial charge on any atom is -0.492 e. The predicted molar refractivity (Wildman–Crippen MR) is 112 cm³/mol. The molecule has 1 heterocycles. The van der Waals surface area contributed by atoms with Gasteiger partial charge in [-0.25, -0.2) is 4.98 Å². The smallest absolute Gasteiger partial charge is 0.434 e. The lowest BCUT2D eigenvalue weighted by Crippen LogP contribution is -2.39. The third-order valence-electron chi connectivity index (χ3n) is 3.19. The van der Waals surface area contributed by atoms with Gasteiger partial charge >= 0.3 is 6.18 Å². The molecular weight excluding hydrogens is 492 g/mol. The second kappa shape index (κ2) is 12.0. The largest absolute Gasteiger partial charge is 0.492 e. The Balaban J connectivity index is 0.00000364. The van der Waals surface area contributed by atoms with Gasteiger partial charge in [-0.05, 0) is 19.1 Å². The van der Waals surface area contributed by atoms with Crippen molar-refractivity contribution in [2.45, 2.75) is 19.5 Å². The van der Waals surface area contributed by atoms with Crippen LogP contribution in [0.15, 0.2) is 40.7 Å². The van der Waals surface area contributed by atoms with Crippen molar-refractivity contribution in [2.24, 2.45) is 4.99 Å². The third-order valence-corrected chi connectivity index (χ3v) is 4.10. The highest BCUT2D eigenvalue weighted by Gasteiger charge is 2.33. The number of hydrogen-bond donors (Lipinski definition) is 2. The van der Waals surface area contributed by atoms with E-state index in [-0.39, 0.29) is 24.0 Å². The Morgan fingerprint density at radius 2 is 1.96 bits per heavy atom. The zero-order valence-corrected chi connectivity index (χ0v) is 17.9. The fourth-order valence-corrected chi connectivity index (χ4v) is 2.81. The minimum atomic E-state index is -4.40. The van der Waals surface area contributed by atoms with Crippen molar-refractivity contribution in [1.82, 2.24) is 15.6 Å². The number of aliphatic imine (C=N–C) groups is 1. The summed E-state index contributed by atoms with van der Waals surface area (Å²) in [6.45, 7) is 3.99. The van der Waals surface area contributed by atoms with Crippen LogP contribution >= 0.6 is 35.3 Å². The van der Waals surface area contributed by atoms with Gasteiger partial charge < -0.3 is 15.4 Å². The maximum absolute atomic E-state index is 12.5. The second-order valence-corrected chi connectivity index (χ2v) is 6.17. The first-order valence-electron chi connectivity index (χ1n) is 8.20. The summed E-state index contributed by atoms with van der Waals surface area (Å²) in [7, 11) is 0. The SMILES string of the molecule is CCNC(=NCCc1nc(C(F)(F)F)cs1)NCCOc1ccccc1.I. The van der Waals surface area contributed by atoms with Crippen molar-refractivity contribution in [3.63, 3.8) is 0 Å². The highest BCUT2D eigenvalue weighted by Crippen LogP contribution is 2.30. The van der Waals surface area contributed by atoms with E-state index >= 15 is 0 Å². The Labute approximate surface area is 177 Å². The van der Waals surface area contributed by atoms with Crippen LogP contribution in [-0.4, -0.2) is 37.2 Å². The fourth-order valence-electron chi connectivity index (χ4n) is 2.02. The molecule has 0 bridgehead atoms. The van der Waals surface area contributed by atoms with E-state index in [9.17, 15) is 13.2 Å². The van der Waals surface area contributed by atoms with Crippen LogP contribution in [0.5, 0.6) is 5.75 Å². The number of benzene rings is 1. The summed E-state index contributed by atoms with van der Waals surface area (Å²) >= 11 is 0.999. The van der Waals surface area contributed by atoms with Gasteiger partial charge in [-0.1, -0.05) is 18.2 Å². The van der Waals surface area contributed by atoms with Crippen molar-refractivity contribution in [1.29, 1.82) is 0 Å². The van der Waals surface area contributed by atoms with Crippen molar-refractivity contribution in [2.75, 3.05) is 26.2 Å². The van der Waals surface area contributed by atoms with Crippen LogP contribution in [0.4, 0.5) is 13.2 Å². The first-order valence-corrected chi connectivity index (χ1v) is 9.08. The summed E-state index contributed by atoms with van der Waals surface area (Å²) in [5.41, 5.74) is -0.843. The Kier molecular flexibility index (Phi) is 10.4. The van der Waals surface area contributed by atoms with E-state index in [0.717, 1.165) is 22.5 Å². The minimum absolute atomic E-state index is 0. The van der Waals surface area contributed by atoms with Gasteiger partial charge in [0.2, 0.25) is 0 Å². The molecule has 5 nitrogen and oxygen atoms in total. The Bertz CT molecular complexity index is 695. The summed E-state index contributed by atoms with van der Waals surface area (Å²) < 4.78 is 43.2. The van der Waals surface area contributed by atoms with Gasteiger partial charge in [0, 0.05) is 24.9 Å². The number of nitrogens with zero attached hydrogens (tertiary/aromatic N) is 2. The van der Waals surface area contributed by atoms with Crippen LogP contribution in [-0.2, 0) is 12.6 Å². The summed E-state index contributed by atoms with van der Waals surface area (Å²) in [5.74, 6) is 1.39. The van der Waals surface area contributed by atoms with Gasteiger partial charge in [-0.2, -0.15) is 13.2 Å².